The standard InChI is InChI=1S/C19H17NO4/c1-12-7-9-14(10-8-12)13(2)24-17(21)11-20-18(22)15-5-3-4-6-16(15)19(20)23/h3-10,13H,11H2,1-2H3/t13-/m1/s1. The Morgan fingerprint density at radius 3 is 2.08 bits per heavy atom. The number of aryl methyl sites for hydroxylation is 1. The summed E-state index contributed by atoms with van der Waals surface area (Å²) in [4.78, 5) is 37.5. The first kappa shape index (κ1) is 15.9. The van der Waals surface area contributed by atoms with Crippen molar-refractivity contribution in [1.29, 1.82) is 0 Å². The van der Waals surface area contributed by atoms with E-state index in [9.17, 15) is 14.4 Å². The first-order valence-corrected chi connectivity index (χ1v) is 7.68. The lowest BCUT2D eigenvalue weighted by molar-refractivity contribution is -0.148. The van der Waals surface area contributed by atoms with E-state index in [0.717, 1.165) is 16.0 Å². The van der Waals surface area contributed by atoms with Crippen LogP contribution in [0.25, 0.3) is 0 Å². The van der Waals surface area contributed by atoms with Gasteiger partial charge >= 0.3 is 5.97 Å². The molecule has 0 radical (unpaired) electrons. The van der Waals surface area contributed by atoms with Crippen LogP contribution in [0.2, 0.25) is 0 Å². The van der Waals surface area contributed by atoms with Gasteiger partial charge in [-0.2, -0.15) is 0 Å². The van der Waals surface area contributed by atoms with Crippen molar-refractivity contribution >= 4 is 17.8 Å². The van der Waals surface area contributed by atoms with Crippen LogP contribution in [0, 0.1) is 6.92 Å². The Bertz CT molecular complexity index is 775. The van der Waals surface area contributed by atoms with E-state index in [1.165, 1.54) is 0 Å². The predicted octanol–water partition coefficient (Wildman–Crippen LogP) is 2.90. The van der Waals surface area contributed by atoms with E-state index in [2.05, 4.69) is 0 Å². The van der Waals surface area contributed by atoms with Gasteiger partial charge in [-0.1, -0.05) is 42.0 Å². The van der Waals surface area contributed by atoms with Crippen molar-refractivity contribution in [2.24, 2.45) is 0 Å². The van der Waals surface area contributed by atoms with Gasteiger partial charge in [-0.15, -0.1) is 0 Å². The lowest BCUT2D eigenvalue weighted by Crippen LogP contribution is -2.35. The van der Waals surface area contributed by atoms with Crippen molar-refractivity contribution in [3.8, 4) is 0 Å². The Morgan fingerprint density at radius 1 is 1.00 bits per heavy atom. The molecule has 1 atom stereocenters. The van der Waals surface area contributed by atoms with Crippen molar-refractivity contribution < 1.29 is 19.1 Å². The minimum absolute atomic E-state index is 0.321. The summed E-state index contributed by atoms with van der Waals surface area (Å²) in [7, 11) is 0. The highest BCUT2D eigenvalue weighted by molar-refractivity contribution is 6.22. The summed E-state index contributed by atoms with van der Waals surface area (Å²) in [5.41, 5.74) is 2.61. The van der Waals surface area contributed by atoms with Crippen LogP contribution in [0.15, 0.2) is 48.5 Å². The summed E-state index contributed by atoms with van der Waals surface area (Å²) in [6, 6.07) is 14.2. The average molecular weight is 323 g/mol. The van der Waals surface area contributed by atoms with Crippen LogP contribution in [0.1, 0.15) is 44.9 Å². The molecule has 3 rings (SSSR count). The SMILES string of the molecule is Cc1ccc([C@@H](C)OC(=O)CN2C(=O)c3ccccc3C2=O)cc1. The Morgan fingerprint density at radius 2 is 1.54 bits per heavy atom. The van der Waals surface area contributed by atoms with Gasteiger partial charge in [0.2, 0.25) is 0 Å². The second-order valence-corrected chi connectivity index (χ2v) is 5.78. The number of hydrogen-bond acceptors (Lipinski definition) is 4. The van der Waals surface area contributed by atoms with E-state index in [0.29, 0.717) is 11.1 Å². The molecule has 0 spiro atoms. The highest BCUT2D eigenvalue weighted by atomic mass is 16.5. The van der Waals surface area contributed by atoms with Gasteiger partial charge in [-0.25, -0.2) is 0 Å². The van der Waals surface area contributed by atoms with Gasteiger partial charge < -0.3 is 4.74 Å². The number of hydrogen-bond donors (Lipinski definition) is 0. The van der Waals surface area contributed by atoms with E-state index in [4.69, 9.17) is 4.74 Å². The van der Waals surface area contributed by atoms with Gasteiger partial charge in [0.25, 0.3) is 11.8 Å². The lowest BCUT2D eigenvalue weighted by Gasteiger charge is -2.17. The van der Waals surface area contributed by atoms with Gasteiger partial charge in [-0.3, -0.25) is 19.3 Å². The molecule has 122 valence electrons. The molecule has 2 aromatic carbocycles. The molecule has 1 aliphatic rings. The molecule has 0 aromatic heterocycles. The third-order valence-corrected chi connectivity index (χ3v) is 4.02. The number of amides is 2. The Labute approximate surface area is 139 Å². The van der Waals surface area contributed by atoms with E-state index in [-0.39, 0.29) is 6.54 Å². The fourth-order valence-electron chi connectivity index (χ4n) is 2.65. The van der Waals surface area contributed by atoms with Gasteiger partial charge in [0, 0.05) is 0 Å². The molecule has 0 bridgehead atoms. The molecule has 0 saturated carbocycles. The summed E-state index contributed by atoms with van der Waals surface area (Å²) in [5, 5.41) is 0. The van der Waals surface area contributed by atoms with Crippen molar-refractivity contribution in [2.75, 3.05) is 6.54 Å². The van der Waals surface area contributed by atoms with Crippen LogP contribution >= 0.6 is 0 Å². The second kappa shape index (κ2) is 6.28. The summed E-state index contributed by atoms with van der Waals surface area (Å²) in [6.45, 7) is 3.34. The van der Waals surface area contributed by atoms with Gasteiger partial charge in [0.15, 0.2) is 0 Å². The fourth-order valence-corrected chi connectivity index (χ4v) is 2.65. The molecular formula is C19H17NO4. The van der Waals surface area contributed by atoms with Crippen molar-refractivity contribution in [3.63, 3.8) is 0 Å². The average Bonchev–Trinajstić information content (AvgIpc) is 2.81. The highest BCUT2D eigenvalue weighted by Gasteiger charge is 2.36. The third-order valence-electron chi connectivity index (χ3n) is 4.02. The lowest BCUT2D eigenvalue weighted by atomic mass is 10.1. The first-order chi connectivity index (χ1) is 11.5. The maximum Gasteiger partial charge on any atom is 0.326 e. The predicted molar refractivity (Wildman–Crippen MR) is 87.5 cm³/mol. The van der Waals surface area contributed by atoms with E-state index >= 15 is 0 Å². The fraction of sp³-hybridized carbons (Fsp3) is 0.211. The quantitative estimate of drug-likeness (QED) is 0.641. The van der Waals surface area contributed by atoms with Crippen LogP contribution < -0.4 is 0 Å². The molecule has 1 heterocycles. The number of carbonyl (C=O) groups is 3. The smallest absolute Gasteiger partial charge is 0.326 e. The zero-order valence-corrected chi connectivity index (χ0v) is 13.5. The minimum Gasteiger partial charge on any atom is -0.456 e. The number of rotatable bonds is 4. The minimum atomic E-state index is -0.613. The first-order valence-electron chi connectivity index (χ1n) is 7.68. The van der Waals surface area contributed by atoms with Crippen LogP contribution in [-0.2, 0) is 9.53 Å². The maximum absolute atomic E-state index is 12.2. The Kier molecular flexibility index (Phi) is 4.16. The second-order valence-electron chi connectivity index (χ2n) is 5.78. The van der Waals surface area contributed by atoms with Gasteiger partial charge in [-0.05, 0) is 31.5 Å². The molecule has 0 unspecified atom stereocenters. The zero-order chi connectivity index (χ0) is 17.3. The largest absolute Gasteiger partial charge is 0.456 e. The van der Waals surface area contributed by atoms with Gasteiger partial charge in [0.05, 0.1) is 11.1 Å². The van der Waals surface area contributed by atoms with E-state index in [1.807, 2.05) is 31.2 Å². The summed E-state index contributed by atoms with van der Waals surface area (Å²) in [6.07, 6.45) is -0.451. The molecular weight excluding hydrogens is 306 g/mol. The molecule has 0 fully saturated rings. The monoisotopic (exact) mass is 323 g/mol. The Hall–Kier alpha value is -2.95. The highest BCUT2D eigenvalue weighted by Crippen LogP contribution is 2.23. The molecule has 0 saturated heterocycles. The Balaban J connectivity index is 1.66. The van der Waals surface area contributed by atoms with Crippen molar-refractivity contribution in [2.45, 2.75) is 20.0 Å². The summed E-state index contributed by atoms with van der Waals surface area (Å²) < 4.78 is 5.35. The molecule has 0 N–H and O–H groups in total. The molecule has 5 nitrogen and oxygen atoms in total. The number of benzene rings is 2. The summed E-state index contributed by atoms with van der Waals surface area (Å²) >= 11 is 0. The van der Waals surface area contributed by atoms with Crippen LogP contribution in [0.4, 0.5) is 0 Å². The van der Waals surface area contributed by atoms with Crippen LogP contribution in [-0.4, -0.2) is 29.2 Å². The molecule has 0 aliphatic carbocycles. The van der Waals surface area contributed by atoms with Crippen molar-refractivity contribution in [1.82, 2.24) is 4.90 Å². The normalized spacial score (nSPS) is 14.5. The van der Waals surface area contributed by atoms with Crippen molar-refractivity contribution in [3.05, 3.63) is 70.8 Å². The third kappa shape index (κ3) is 2.93. The van der Waals surface area contributed by atoms with Crippen LogP contribution in [0.5, 0.6) is 0 Å². The molecule has 2 aromatic rings. The topological polar surface area (TPSA) is 63.7 Å². The number of fused-ring (bicyclic) bond motifs is 1. The van der Waals surface area contributed by atoms with E-state index in [1.54, 1.807) is 31.2 Å². The number of imide groups is 1. The number of ether oxygens (including phenoxy) is 1. The summed E-state index contributed by atoms with van der Waals surface area (Å²) in [5.74, 6) is -1.54. The molecule has 1 aliphatic heterocycles. The van der Waals surface area contributed by atoms with Crippen LogP contribution in [0.3, 0.4) is 0 Å². The zero-order valence-electron chi connectivity index (χ0n) is 13.5. The van der Waals surface area contributed by atoms with Gasteiger partial charge in [0.1, 0.15) is 12.6 Å². The molecule has 24 heavy (non-hydrogen) atoms. The number of carbonyl (C=O) groups excluding carboxylic acids is 3. The number of esters is 1. The molecule has 2 amide bonds. The maximum atomic E-state index is 12.2. The van der Waals surface area contributed by atoms with E-state index < -0.39 is 23.9 Å². The number of nitrogens with zero attached hydrogens (tertiary/aromatic N) is 1. The molecule has 5 heteroatoms.